The maximum Gasteiger partial charge on any atom is 0.137 e. The van der Waals surface area contributed by atoms with Crippen LogP contribution in [0.1, 0.15) is 57.6 Å². The second kappa shape index (κ2) is 6.51. The lowest BCUT2D eigenvalue weighted by Gasteiger charge is -2.35. The molecule has 1 aromatic heterocycles. The number of nitrogens with zero attached hydrogens (tertiary/aromatic N) is 3. The van der Waals surface area contributed by atoms with Gasteiger partial charge in [-0.05, 0) is 48.8 Å². The molecule has 4 heteroatoms. The number of nitrogens with one attached hydrogen (secondary N) is 1. The number of hydrogen-bond acceptors (Lipinski definition) is 3. The zero-order chi connectivity index (χ0) is 15.5. The van der Waals surface area contributed by atoms with Crippen LogP contribution in [-0.4, -0.2) is 20.8 Å². The summed E-state index contributed by atoms with van der Waals surface area (Å²) in [5.41, 5.74) is 2.59. The van der Waals surface area contributed by atoms with Gasteiger partial charge < -0.3 is 5.32 Å². The van der Waals surface area contributed by atoms with E-state index in [1.54, 1.807) is 6.33 Å². The van der Waals surface area contributed by atoms with Crippen molar-refractivity contribution in [2.75, 3.05) is 5.32 Å². The molecular weight excluding hydrogens is 272 g/mol. The molecular formula is C18H26N4. The molecule has 1 heterocycles. The Labute approximate surface area is 133 Å². The Hall–Kier alpha value is -1.84. The van der Waals surface area contributed by atoms with Crippen LogP contribution in [0.4, 0.5) is 5.69 Å². The predicted molar refractivity (Wildman–Crippen MR) is 90.0 cm³/mol. The molecule has 0 spiro atoms. The first-order chi connectivity index (χ1) is 10.6. The van der Waals surface area contributed by atoms with Crippen LogP contribution in [0.2, 0.25) is 0 Å². The molecule has 1 aliphatic carbocycles. The summed E-state index contributed by atoms with van der Waals surface area (Å²) < 4.78 is 2.02. The topological polar surface area (TPSA) is 42.7 Å². The number of benzene rings is 1. The molecule has 118 valence electrons. The van der Waals surface area contributed by atoms with E-state index >= 15 is 0 Å². The van der Waals surface area contributed by atoms with Crippen LogP contribution in [0.25, 0.3) is 0 Å². The minimum atomic E-state index is 0.385. The van der Waals surface area contributed by atoms with Crippen LogP contribution in [0.5, 0.6) is 0 Å². The van der Waals surface area contributed by atoms with Crippen LogP contribution in [0.15, 0.2) is 36.9 Å². The summed E-state index contributed by atoms with van der Waals surface area (Å²) in [6, 6.07) is 9.66. The average Bonchev–Trinajstić information content (AvgIpc) is 3.04. The highest BCUT2D eigenvalue weighted by molar-refractivity contribution is 5.46. The maximum atomic E-state index is 4.37. The number of rotatable bonds is 4. The zero-order valence-electron chi connectivity index (χ0n) is 13.7. The van der Waals surface area contributed by atoms with E-state index in [4.69, 9.17) is 0 Å². The first-order valence-electron chi connectivity index (χ1n) is 8.34. The summed E-state index contributed by atoms with van der Waals surface area (Å²) in [6.45, 7) is 6.79. The van der Waals surface area contributed by atoms with Gasteiger partial charge in [0, 0.05) is 11.7 Å². The third-order valence-electron chi connectivity index (χ3n) is 4.78. The van der Waals surface area contributed by atoms with Gasteiger partial charge >= 0.3 is 0 Å². The van der Waals surface area contributed by atoms with Gasteiger partial charge in [-0.15, -0.1) is 0 Å². The highest BCUT2D eigenvalue weighted by atomic mass is 15.3. The molecule has 4 nitrogen and oxygen atoms in total. The van der Waals surface area contributed by atoms with Gasteiger partial charge in [0.15, 0.2) is 0 Å². The quantitative estimate of drug-likeness (QED) is 0.918. The van der Waals surface area contributed by atoms with Gasteiger partial charge in [-0.2, -0.15) is 5.10 Å². The monoisotopic (exact) mass is 298 g/mol. The lowest BCUT2D eigenvalue weighted by Crippen LogP contribution is -2.36. The second-order valence-corrected chi connectivity index (χ2v) is 6.89. The Kier molecular flexibility index (Phi) is 4.46. The summed E-state index contributed by atoms with van der Waals surface area (Å²) >= 11 is 0. The Bertz CT molecular complexity index is 574. The van der Waals surface area contributed by atoms with Crippen molar-refractivity contribution in [1.82, 2.24) is 14.8 Å². The molecule has 22 heavy (non-hydrogen) atoms. The van der Waals surface area contributed by atoms with E-state index in [1.807, 2.05) is 11.0 Å². The minimum absolute atomic E-state index is 0.385. The van der Waals surface area contributed by atoms with E-state index in [-0.39, 0.29) is 0 Å². The molecule has 0 saturated heterocycles. The second-order valence-electron chi connectivity index (χ2n) is 6.89. The third-order valence-corrected chi connectivity index (χ3v) is 4.78. The Morgan fingerprint density at radius 3 is 2.59 bits per heavy atom. The highest BCUT2D eigenvalue weighted by Gasteiger charge is 2.30. The van der Waals surface area contributed by atoms with Gasteiger partial charge in [-0.1, -0.05) is 32.9 Å². The normalized spacial score (nSPS) is 25.4. The van der Waals surface area contributed by atoms with E-state index in [0.717, 1.165) is 12.3 Å². The molecule has 1 saturated carbocycles. The zero-order valence-corrected chi connectivity index (χ0v) is 13.7. The fourth-order valence-electron chi connectivity index (χ4n) is 3.38. The van der Waals surface area contributed by atoms with E-state index in [1.165, 1.54) is 24.1 Å². The molecule has 1 N–H and O–H groups in total. The molecule has 3 rings (SSSR count). The third kappa shape index (κ3) is 3.32. The number of hydrogen-bond donors (Lipinski definition) is 1. The lowest BCUT2D eigenvalue weighted by molar-refractivity contribution is 0.244. The van der Waals surface area contributed by atoms with E-state index in [9.17, 15) is 0 Å². The van der Waals surface area contributed by atoms with Crippen LogP contribution in [0.3, 0.4) is 0 Å². The summed E-state index contributed by atoms with van der Waals surface area (Å²) in [5, 5.41) is 8.09. The van der Waals surface area contributed by atoms with Crippen molar-refractivity contribution >= 4 is 5.69 Å². The van der Waals surface area contributed by atoms with Gasteiger partial charge in [0.25, 0.3) is 0 Å². The fraction of sp³-hybridized carbons (Fsp3) is 0.556. The van der Waals surface area contributed by atoms with Gasteiger partial charge in [0.05, 0.1) is 6.04 Å². The first-order valence-corrected chi connectivity index (χ1v) is 8.34. The SMILES string of the molecule is CC1CCC(Nc2ccc(C(C)C)cc2)C(n2cncn2)C1. The smallest absolute Gasteiger partial charge is 0.137 e. The molecule has 0 aliphatic heterocycles. The molecule has 1 aliphatic rings. The van der Waals surface area contributed by atoms with E-state index < -0.39 is 0 Å². The van der Waals surface area contributed by atoms with Crippen molar-refractivity contribution in [3.63, 3.8) is 0 Å². The fourth-order valence-corrected chi connectivity index (χ4v) is 3.38. The average molecular weight is 298 g/mol. The summed E-state index contributed by atoms with van der Waals surface area (Å²) in [5.74, 6) is 1.32. The molecule has 0 amide bonds. The number of anilines is 1. The maximum absolute atomic E-state index is 4.37. The molecule has 0 bridgehead atoms. The first kappa shape index (κ1) is 15.1. The standard InChI is InChI=1S/C18H26N4/c1-13(2)15-5-7-16(8-6-15)21-17-9-4-14(3)10-18(17)22-12-19-11-20-22/h5-8,11-14,17-18,21H,4,9-10H2,1-3H3. The van der Waals surface area contributed by atoms with Gasteiger partial charge in [-0.25, -0.2) is 9.67 Å². The van der Waals surface area contributed by atoms with Gasteiger partial charge in [0.1, 0.15) is 12.7 Å². The lowest BCUT2D eigenvalue weighted by atomic mass is 9.83. The van der Waals surface area contributed by atoms with Crippen LogP contribution >= 0.6 is 0 Å². The van der Waals surface area contributed by atoms with Crippen LogP contribution in [0, 0.1) is 5.92 Å². The van der Waals surface area contributed by atoms with Crippen molar-refractivity contribution < 1.29 is 0 Å². The molecule has 2 aromatic rings. The van der Waals surface area contributed by atoms with Crippen molar-refractivity contribution in [2.45, 2.75) is 58.0 Å². The summed E-state index contributed by atoms with van der Waals surface area (Å²) in [4.78, 5) is 4.12. The molecule has 0 radical (unpaired) electrons. The largest absolute Gasteiger partial charge is 0.380 e. The van der Waals surface area contributed by atoms with Gasteiger partial charge in [0.2, 0.25) is 0 Å². The molecule has 1 fully saturated rings. The van der Waals surface area contributed by atoms with Crippen molar-refractivity contribution in [3.8, 4) is 0 Å². The highest BCUT2D eigenvalue weighted by Crippen LogP contribution is 2.34. The van der Waals surface area contributed by atoms with Crippen LogP contribution < -0.4 is 5.32 Å². The van der Waals surface area contributed by atoms with Crippen molar-refractivity contribution in [3.05, 3.63) is 42.5 Å². The van der Waals surface area contributed by atoms with E-state index in [0.29, 0.717) is 18.0 Å². The Balaban J connectivity index is 1.74. The van der Waals surface area contributed by atoms with Crippen LogP contribution in [-0.2, 0) is 0 Å². The molecule has 3 atom stereocenters. The van der Waals surface area contributed by atoms with Gasteiger partial charge in [-0.3, -0.25) is 0 Å². The number of aromatic nitrogens is 3. The van der Waals surface area contributed by atoms with E-state index in [2.05, 4.69) is 60.4 Å². The predicted octanol–water partition coefficient (Wildman–Crippen LogP) is 4.24. The Morgan fingerprint density at radius 1 is 1.18 bits per heavy atom. The molecule has 3 unspecified atom stereocenters. The summed E-state index contributed by atoms with van der Waals surface area (Å²) in [6.07, 6.45) is 7.09. The summed E-state index contributed by atoms with van der Waals surface area (Å²) in [7, 11) is 0. The molecule has 1 aromatic carbocycles. The minimum Gasteiger partial charge on any atom is -0.380 e. The Morgan fingerprint density at radius 2 is 1.95 bits per heavy atom. The van der Waals surface area contributed by atoms with Crippen molar-refractivity contribution in [2.24, 2.45) is 5.92 Å². The van der Waals surface area contributed by atoms with Crippen molar-refractivity contribution in [1.29, 1.82) is 0 Å².